The van der Waals surface area contributed by atoms with E-state index in [1.807, 2.05) is 4.83 Å². The summed E-state index contributed by atoms with van der Waals surface area (Å²) in [7, 11) is -3.92. The third-order valence-electron chi connectivity index (χ3n) is 5.61. The van der Waals surface area contributed by atoms with Crippen molar-refractivity contribution in [1.82, 2.24) is 15.2 Å². The molecule has 1 unspecified atom stereocenters. The minimum absolute atomic E-state index is 0.0256. The highest BCUT2D eigenvalue weighted by Gasteiger charge is 2.27. The van der Waals surface area contributed by atoms with Gasteiger partial charge in [-0.2, -0.15) is 0 Å². The lowest BCUT2D eigenvalue weighted by atomic mass is 9.99. The average Bonchev–Trinajstić information content (AvgIpc) is 2.78. The highest BCUT2D eigenvalue weighted by atomic mass is 32.2. The van der Waals surface area contributed by atoms with Gasteiger partial charge in [0.25, 0.3) is 5.91 Å². The van der Waals surface area contributed by atoms with Gasteiger partial charge in [0.2, 0.25) is 15.9 Å². The van der Waals surface area contributed by atoms with Gasteiger partial charge in [-0.25, -0.2) is 17.2 Å². The second-order valence-corrected chi connectivity index (χ2v) is 9.97. The van der Waals surface area contributed by atoms with Gasteiger partial charge >= 0.3 is 0 Å². The van der Waals surface area contributed by atoms with Gasteiger partial charge in [0.15, 0.2) is 0 Å². The molecular formula is C23H27F2N3O4S. The van der Waals surface area contributed by atoms with Crippen LogP contribution in [0.5, 0.6) is 0 Å². The van der Waals surface area contributed by atoms with Crippen molar-refractivity contribution in [1.29, 1.82) is 0 Å². The van der Waals surface area contributed by atoms with E-state index >= 15 is 0 Å². The fourth-order valence-corrected chi connectivity index (χ4v) is 5.19. The number of sulfonamides is 1. The van der Waals surface area contributed by atoms with Crippen molar-refractivity contribution in [2.75, 3.05) is 18.8 Å². The molecule has 0 spiro atoms. The zero-order valence-electron chi connectivity index (χ0n) is 18.5. The van der Waals surface area contributed by atoms with E-state index in [1.54, 1.807) is 17.9 Å². The highest BCUT2D eigenvalue weighted by Crippen LogP contribution is 2.25. The lowest BCUT2D eigenvalue weighted by Gasteiger charge is -2.32. The Morgan fingerprint density at radius 2 is 1.91 bits per heavy atom. The van der Waals surface area contributed by atoms with Gasteiger partial charge in [-0.05, 0) is 66.6 Å². The van der Waals surface area contributed by atoms with Crippen molar-refractivity contribution in [3.05, 3.63) is 59.2 Å². The van der Waals surface area contributed by atoms with Crippen LogP contribution < -0.4 is 10.3 Å². The van der Waals surface area contributed by atoms with Crippen LogP contribution in [-0.4, -0.2) is 44.0 Å². The van der Waals surface area contributed by atoms with Crippen LogP contribution in [0.1, 0.15) is 42.1 Å². The van der Waals surface area contributed by atoms with Crippen molar-refractivity contribution < 1.29 is 26.8 Å². The first-order valence-corrected chi connectivity index (χ1v) is 12.4. The highest BCUT2D eigenvalue weighted by molar-refractivity contribution is 7.89. The van der Waals surface area contributed by atoms with Crippen LogP contribution in [0, 0.1) is 24.5 Å². The van der Waals surface area contributed by atoms with Crippen molar-refractivity contribution in [3.63, 3.8) is 0 Å². The summed E-state index contributed by atoms with van der Waals surface area (Å²) in [5.41, 5.74) is 2.73. The number of aryl methyl sites for hydroxylation is 1. The van der Waals surface area contributed by atoms with Crippen molar-refractivity contribution in [2.24, 2.45) is 5.92 Å². The molecule has 1 atom stereocenters. The number of carbonyl (C=O) groups excluding carboxylic acids is 2. The quantitative estimate of drug-likeness (QED) is 0.597. The Kier molecular flexibility index (Phi) is 7.80. The predicted octanol–water partition coefficient (Wildman–Crippen LogP) is 3.15. The van der Waals surface area contributed by atoms with Crippen LogP contribution in [-0.2, 0) is 14.8 Å². The standard InChI is InChI=1S/C23H27F2N3O4S/c1-3-21(29)28-9-5-6-16(13-28)14-33(31,32)27-26-23(30)20-12-18(10-15(2)22(20)25)17-7-4-8-19(24)11-17/h4,7-8,10-12,16,27H,3,5-6,9,13-14H2,1-2H3,(H,26,30). The fraction of sp³-hybridized carbons (Fsp3) is 0.391. The smallest absolute Gasteiger partial charge is 0.269 e. The number of hydrazine groups is 1. The number of hydrogen-bond acceptors (Lipinski definition) is 4. The van der Waals surface area contributed by atoms with Gasteiger partial charge in [0.1, 0.15) is 11.6 Å². The zero-order chi connectivity index (χ0) is 24.2. The number of nitrogens with one attached hydrogen (secondary N) is 2. The van der Waals surface area contributed by atoms with Gasteiger partial charge in [-0.15, -0.1) is 4.83 Å². The Balaban J connectivity index is 1.69. The van der Waals surface area contributed by atoms with Crippen LogP contribution in [0.15, 0.2) is 36.4 Å². The second-order valence-electron chi connectivity index (χ2n) is 8.20. The number of benzene rings is 2. The molecule has 10 heteroatoms. The summed E-state index contributed by atoms with van der Waals surface area (Å²) in [4.78, 5) is 28.2. The molecule has 178 valence electrons. The molecule has 1 aliphatic rings. The molecule has 0 saturated carbocycles. The Morgan fingerprint density at radius 3 is 2.61 bits per heavy atom. The van der Waals surface area contributed by atoms with Crippen LogP contribution >= 0.6 is 0 Å². The molecule has 1 heterocycles. The first-order chi connectivity index (χ1) is 15.6. The molecule has 2 aromatic rings. The van der Waals surface area contributed by atoms with E-state index in [1.165, 1.54) is 37.3 Å². The van der Waals surface area contributed by atoms with Crippen LogP contribution in [0.25, 0.3) is 11.1 Å². The van der Waals surface area contributed by atoms with E-state index in [4.69, 9.17) is 0 Å². The van der Waals surface area contributed by atoms with E-state index < -0.39 is 27.6 Å². The molecule has 0 bridgehead atoms. The van der Waals surface area contributed by atoms with E-state index in [2.05, 4.69) is 5.43 Å². The first kappa shape index (κ1) is 24.8. The summed E-state index contributed by atoms with van der Waals surface area (Å²) in [6.07, 6.45) is 1.70. The summed E-state index contributed by atoms with van der Waals surface area (Å²) >= 11 is 0. The number of rotatable bonds is 7. The number of carbonyl (C=O) groups is 2. The normalized spacial score (nSPS) is 16.5. The van der Waals surface area contributed by atoms with Gasteiger partial charge in [0, 0.05) is 19.5 Å². The van der Waals surface area contributed by atoms with Crippen molar-refractivity contribution in [3.8, 4) is 11.1 Å². The summed E-state index contributed by atoms with van der Waals surface area (Å²) in [6, 6.07) is 8.38. The Hall–Kier alpha value is -2.85. The third-order valence-corrected chi connectivity index (χ3v) is 6.93. The van der Waals surface area contributed by atoms with Gasteiger partial charge in [-0.1, -0.05) is 19.1 Å². The molecule has 33 heavy (non-hydrogen) atoms. The molecule has 7 nitrogen and oxygen atoms in total. The SMILES string of the molecule is CCC(=O)N1CCCC(CS(=O)(=O)NNC(=O)c2cc(-c3cccc(F)c3)cc(C)c2F)C1. The minimum atomic E-state index is -3.92. The fourth-order valence-electron chi connectivity index (χ4n) is 3.96. The Bertz CT molecular complexity index is 1150. The van der Waals surface area contributed by atoms with E-state index in [9.17, 15) is 26.8 Å². The number of halogens is 2. The molecule has 2 aromatic carbocycles. The molecule has 0 aliphatic carbocycles. The largest absolute Gasteiger partial charge is 0.342 e. The lowest BCUT2D eigenvalue weighted by molar-refractivity contribution is -0.132. The summed E-state index contributed by atoms with van der Waals surface area (Å²) in [5, 5.41) is 0. The molecule has 0 aromatic heterocycles. The van der Waals surface area contributed by atoms with Crippen LogP contribution in [0.3, 0.4) is 0 Å². The molecule has 2 amide bonds. The number of likely N-dealkylation sites (tertiary alicyclic amines) is 1. The number of hydrogen-bond donors (Lipinski definition) is 2. The average molecular weight is 480 g/mol. The maximum Gasteiger partial charge on any atom is 0.269 e. The molecule has 1 saturated heterocycles. The van der Waals surface area contributed by atoms with Crippen molar-refractivity contribution >= 4 is 21.8 Å². The first-order valence-electron chi connectivity index (χ1n) is 10.7. The topological polar surface area (TPSA) is 95.6 Å². The van der Waals surface area contributed by atoms with Gasteiger partial charge in [0.05, 0.1) is 11.3 Å². The molecule has 3 rings (SSSR count). The second kappa shape index (κ2) is 10.4. The monoisotopic (exact) mass is 479 g/mol. The van der Waals surface area contributed by atoms with E-state index in [0.717, 1.165) is 0 Å². The Labute approximate surface area is 192 Å². The van der Waals surface area contributed by atoms with Crippen LogP contribution in [0.2, 0.25) is 0 Å². The van der Waals surface area contributed by atoms with Crippen molar-refractivity contribution in [2.45, 2.75) is 33.1 Å². The Morgan fingerprint density at radius 1 is 1.15 bits per heavy atom. The predicted molar refractivity (Wildman–Crippen MR) is 121 cm³/mol. The minimum Gasteiger partial charge on any atom is -0.342 e. The molecule has 1 fully saturated rings. The van der Waals surface area contributed by atoms with E-state index in [-0.39, 0.29) is 28.7 Å². The number of nitrogens with zero attached hydrogens (tertiary/aromatic N) is 1. The van der Waals surface area contributed by atoms with Crippen LogP contribution in [0.4, 0.5) is 8.78 Å². The third kappa shape index (κ3) is 6.35. The molecule has 0 radical (unpaired) electrons. The maximum absolute atomic E-state index is 14.6. The number of amides is 2. The van der Waals surface area contributed by atoms with Gasteiger partial charge < -0.3 is 4.90 Å². The molecule has 2 N–H and O–H groups in total. The van der Waals surface area contributed by atoms with Gasteiger partial charge in [-0.3, -0.25) is 15.0 Å². The molecule has 1 aliphatic heterocycles. The summed E-state index contributed by atoms with van der Waals surface area (Å²) in [5.74, 6) is -2.81. The lowest BCUT2D eigenvalue weighted by Crippen LogP contribution is -2.47. The maximum atomic E-state index is 14.6. The number of piperidine rings is 1. The summed E-state index contributed by atoms with van der Waals surface area (Å²) in [6.45, 7) is 4.16. The summed E-state index contributed by atoms with van der Waals surface area (Å²) < 4.78 is 53.2. The molecular weight excluding hydrogens is 452 g/mol. The zero-order valence-corrected chi connectivity index (χ0v) is 19.3. The van der Waals surface area contributed by atoms with E-state index in [0.29, 0.717) is 43.5 Å².